The van der Waals surface area contributed by atoms with Crippen LogP contribution in [0.2, 0.25) is 0 Å². The fourth-order valence-electron chi connectivity index (χ4n) is 5.88. The van der Waals surface area contributed by atoms with Crippen molar-refractivity contribution in [2.24, 2.45) is 5.16 Å². The fraction of sp³-hybridized carbons (Fsp3) is 0.389. The van der Waals surface area contributed by atoms with E-state index in [0.29, 0.717) is 49.4 Å². The third-order valence-electron chi connectivity index (χ3n) is 8.66. The Labute approximate surface area is 258 Å². The van der Waals surface area contributed by atoms with Gasteiger partial charge in [0.25, 0.3) is 0 Å². The normalized spacial score (nSPS) is 14.7. The number of nitrogens with zero attached hydrogens (tertiary/aromatic N) is 3. The van der Waals surface area contributed by atoms with Gasteiger partial charge in [0.15, 0.2) is 5.78 Å². The van der Waals surface area contributed by atoms with Gasteiger partial charge in [-0.15, -0.1) is 0 Å². The maximum Gasteiger partial charge on any atom is 0.354 e. The first kappa shape index (κ1) is 31.3. The predicted octanol–water partition coefficient (Wildman–Crippen LogP) is 6.74. The Morgan fingerprint density at radius 3 is 2.18 bits per heavy atom. The Morgan fingerprint density at radius 1 is 0.909 bits per heavy atom. The quantitative estimate of drug-likeness (QED) is 0.0826. The summed E-state index contributed by atoms with van der Waals surface area (Å²) in [6.45, 7) is 12.7. The highest BCUT2D eigenvalue weighted by Gasteiger charge is 2.37. The molecule has 0 aliphatic carbocycles. The molecule has 0 bridgehead atoms. The van der Waals surface area contributed by atoms with E-state index in [0.717, 1.165) is 46.8 Å². The van der Waals surface area contributed by atoms with E-state index >= 15 is 0 Å². The lowest BCUT2D eigenvalue weighted by molar-refractivity contribution is -0.159. The van der Waals surface area contributed by atoms with Crippen LogP contribution in [-0.2, 0) is 20.9 Å². The number of morpholine rings is 1. The number of unbranched alkanes of at least 4 members (excludes halogenated alkanes) is 1. The summed E-state index contributed by atoms with van der Waals surface area (Å²) in [5, 5.41) is 5.94. The molecule has 0 unspecified atom stereocenters. The van der Waals surface area contributed by atoms with Crippen molar-refractivity contribution in [2.75, 3.05) is 26.3 Å². The summed E-state index contributed by atoms with van der Waals surface area (Å²) in [7, 11) is 0. The van der Waals surface area contributed by atoms with Crippen molar-refractivity contribution in [3.63, 3.8) is 0 Å². The number of ketones is 2. The molecular weight excluding hydrogens is 554 g/mol. The van der Waals surface area contributed by atoms with Crippen LogP contribution in [0.3, 0.4) is 0 Å². The van der Waals surface area contributed by atoms with Gasteiger partial charge in [-0.3, -0.25) is 14.5 Å². The molecule has 0 N–H and O–H groups in total. The number of oxime groups is 1. The molecule has 1 saturated heterocycles. The Bertz CT molecular complexity index is 1740. The van der Waals surface area contributed by atoms with E-state index in [1.807, 2.05) is 73.3 Å². The van der Waals surface area contributed by atoms with E-state index in [1.54, 1.807) is 19.9 Å². The molecule has 8 heteroatoms. The molecule has 1 fully saturated rings. The lowest BCUT2D eigenvalue weighted by atomic mass is 9.97. The molecule has 1 aliphatic heterocycles. The number of ether oxygens (including phenoxy) is 1. The zero-order chi connectivity index (χ0) is 31.4. The zero-order valence-electron chi connectivity index (χ0n) is 26.3. The largest absolute Gasteiger partial charge is 0.379 e. The number of hydrogen-bond donors (Lipinski definition) is 0. The molecule has 2 heterocycles. The molecule has 0 atom stereocenters. The van der Waals surface area contributed by atoms with Crippen molar-refractivity contribution < 1.29 is 24.0 Å². The van der Waals surface area contributed by atoms with Crippen LogP contribution in [0.4, 0.5) is 0 Å². The molecule has 44 heavy (non-hydrogen) atoms. The van der Waals surface area contributed by atoms with Crippen molar-refractivity contribution in [3.8, 4) is 0 Å². The number of Topliss-reactive ketones (excluding diaryl/α,β-unsaturated/α-hetero) is 1. The molecule has 1 aliphatic rings. The van der Waals surface area contributed by atoms with Crippen molar-refractivity contribution in [2.45, 2.75) is 66.0 Å². The summed E-state index contributed by atoms with van der Waals surface area (Å²) >= 11 is 0. The van der Waals surface area contributed by atoms with Gasteiger partial charge in [-0.1, -0.05) is 42.8 Å². The van der Waals surface area contributed by atoms with Gasteiger partial charge >= 0.3 is 5.97 Å². The number of aromatic nitrogens is 1. The number of fused-ring (bicyclic) bond motifs is 3. The molecule has 0 radical (unpaired) electrons. The zero-order valence-corrected chi connectivity index (χ0v) is 26.3. The van der Waals surface area contributed by atoms with E-state index in [9.17, 15) is 14.4 Å². The Morgan fingerprint density at radius 2 is 1.55 bits per heavy atom. The summed E-state index contributed by atoms with van der Waals surface area (Å²) in [4.78, 5) is 47.9. The number of carbonyl (C=O) groups excluding carboxylic acids is 3. The SMILES string of the molecule is CCCC/C(=N\OC(=O)C(C)(C)N1CCOCC1)C(=O)c1ccc2c(c1)c1cc(C(=O)c3ccccc3C)ccc1n2CC. The maximum atomic E-state index is 13.9. The molecule has 0 amide bonds. The summed E-state index contributed by atoms with van der Waals surface area (Å²) < 4.78 is 7.61. The summed E-state index contributed by atoms with van der Waals surface area (Å²) in [6.07, 6.45) is 1.99. The molecule has 8 nitrogen and oxygen atoms in total. The molecule has 5 rings (SSSR count). The summed E-state index contributed by atoms with van der Waals surface area (Å²) in [5.74, 6) is -0.819. The van der Waals surface area contributed by atoms with Crippen molar-refractivity contribution >= 4 is 45.1 Å². The van der Waals surface area contributed by atoms with E-state index in [1.165, 1.54) is 0 Å². The number of hydrogen-bond acceptors (Lipinski definition) is 7. The van der Waals surface area contributed by atoms with Crippen molar-refractivity contribution in [3.05, 3.63) is 82.9 Å². The van der Waals surface area contributed by atoms with Crippen LogP contribution >= 0.6 is 0 Å². The van der Waals surface area contributed by atoms with Crippen LogP contribution < -0.4 is 0 Å². The first-order valence-electron chi connectivity index (χ1n) is 15.5. The predicted molar refractivity (Wildman–Crippen MR) is 174 cm³/mol. The van der Waals surface area contributed by atoms with Crippen LogP contribution in [0, 0.1) is 6.92 Å². The number of carbonyl (C=O) groups is 3. The monoisotopic (exact) mass is 595 g/mol. The van der Waals surface area contributed by atoms with Crippen LogP contribution in [0.25, 0.3) is 21.8 Å². The second kappa shape index (κ2) is 13.2. The molecule has 1 aromatic heterocycles. The highest BCUT2D eigenvalue weighted by Crippen LogP contribution is 2.32. The average molecular weight is 596 g/mol. The van der Waals surface area contributed by atoms with Crippen LogP contribution in [-0.4, -0.2) is 64.6 Å². The van der Waals surface area contributed by atoms with E-state index in [2.05, 4.69) is 16.6 Å². The molecule has 3 aromatic carbocycles. The van der Waals surface area contributed by atoms with Gasteiger partial charge in [0.1, 0.15) is 11.3 Å². The Balaban J connectivity index is 1.50. The first-order valence-corrected chi connectivity index (χ1v) is 15.5. The number of aryl methyl sites for hydroxylation is 2. The third-order valence-corrected chi connectivity index (χ3v) is 8.66. The number of rotatable bonds is 11. The summed E-state index contributed by atoms with van der Waals surface area (Å²) in [6, 6.07) is 19.0. The van der Waals surface area contributed by atoms with E-state index < -0.39 is 11.5 Å². The smallest absolute Gasteiger partial charge is 0.354 e. The Hall–Kier alpha value is -4.14. The van der Waals surface area contributed by atoms with Gasteiger partial charge < -0.3 is 14.1 Å². The molecule has 0 spiro atoms. The van der Waals surface area contributed by atoms with Gasteiger partial charge in [-0.25, -0.2) is 4.79 Å². The van der Waals surface area contributed by atoms with Crippen LogP contribution in [0.1, 0.15) is 78.8 Å². The third kappa shape index (κ3) is 6.10. The van der Waals surface area contributed by atoms with Gasteiger partial charge in [0, 0.05) is 58.1 Å². The summed E-state index contributed by atoms with van der Waals surface area (Å²) in [5.41, 5.74) is 3.94. The minimum Gasteiger partial charge on any atom is -0.379 e. The molecule has 4 aromatic rings. The number of benzene rings is 3. The Kier molecular flexibility index (Phi) is 9.42. The van der Waals surface area contributed by atoms with Crippen molar-refractivity contribution in [1.82, 2.24) is 9.47 Å². The second-order valence-electron chi connectivity index (χ2n) is 11.9. The highest BCUT2D eigenvalue weighted by atomic mass is 16.7. The van der Waals surface area contributed by atoms with Gasteiger partial charge in [-0.05, 0) is 82.5 Å². The molecule has 0 saturated carbocycles. The highest BCUT2D eigenvalue weighted by molar-refractivity contribution is 6.46. The minimum atomic E-state index is -0.902. The lowest BCUT2D eigenvalue weighted by Gasteiger charge is -2.37. The van der Waals surface area contributed by atoms with E-state index in [4.69, 9.17) is 9.57 Å². The average Bonchev–Trinajstić information content (AvgIpc) is 3.36. The standard InChI is InChI=1S/C36H41N3O5/c1-6-8-13-30(37-44-35(42)36(4,5)38-18-20-43-21-19-38)34(41)26-15-17-32-29(23-26)28-22-25(14-16-31(28)39(32)7-2)33(40)27-12-10-9-11-24(27)3/h9-12,14-17,22-23H,6-8,13,18-21H2,1-5H3/b37-30+. The first-order chi connectivity index (χ1) is 21.2. The van der Waals surface area contributed by atoms with Gasteiger partial charge in [0.05, 0.1) is 13.2 Å². The lowest BCUT2D eigenvalue weighted by Crippen LogP contribution is -2.54. The van der Waals surface area contributed by atoms with Gasteiger partial charge in [0.2, 0.25) is 5.78 Å². The minimum absolute atomic E-state index is 0.0366. The molecule has 230 valence electrons. The van der Waals surface area contributed by atoms with Crippen LogP contribution in [0.15, 0.2) is 65.8 Å². The topological polar surface area (TPSA) is 90.2 Å². The van der Waals surface area contributed by atoms with Crippen LogP contribution in [0.5, 0.6) is 0 Å². The second-order valence-corrected chi connectivity index (χ2v) is 11.9. The molecular formula is C36H41N3O5. The van der Waals surface area contributed by atoms with E-state index in [-0.39, 0.29) is 17.3 Å². The van der Waals surface area contributed by atoms with Gasteiger partial charge in [-0.2, -0.15) is 0 Å². The maximum absolute atomic E-state index is 13.9. The van der Waals surface area contributed by atoms with Crippen molar-refractivity contribution in [1.29, 1.82) is 0 Å². The fourth-order valence-corrected chi connectivity index (χ4v) is 5.88.